The lowest BCUT2D eigenvalue weighted by Crippen LogP contribution is -2.28. The van der Waals surface area contributed by atoms with Crippen LogP contribution in [-0.4, -0.2) is 31.9 Å². The Labute approximate surface area is 139 Å². The van der Waals surface area contributed by atoms with Gasteiger partial charge in [-0.3, -0.25) is 4.79 Å². The molecular formula is C18H17NO5. The molecule has 6 heteroatoms. The van der Waals surface area contributed by atoms with Gasteiger partial charge in [0.25, 0.3) is 0 Å². The van der Waals surface area contributed by atoms with E-state index >= 15 is 0 Å². The molecule has 0 N–H and O–H groups in total. The fourth-order valence-corrected chi connectivity index (χ4v) is 2.33. The molecule has 0 saturated heterocycles. The number of carbonyl (C=O) groups is 3. The van der Waals surface area contributed by atoms with Gasteiger partial charge in [0.15, 0.2) is 5.78 Å². The number of allylic oxidation sites excluding steroid dienone is 2. The molecule has 1 aliphatic heterocycles. The smallest absolute Gasteiger partial charge is 0.355 e. The highest BCUT2D eigenvalue weighted by atomic mass is 16.5. The second kappa shape index (κ2) is 7.41. The molecule has 0 spiro atoms. The standard InChI is InChI=1S/C18H17NO5/c1-12(20)13-8-4-5-10-15(13)19-11-7-6-9-14(17(21)23-2)16(19)18(22)24-3/h4-11H,1-3H3. The van der Waals surface area contributed by atoms with Crippen molar-refractivity contribution in [2.24, 2.45) is 0 Å². The molecule has 0 fully saturated rings. The van der Waals surface area contributed by atoms with Crippen LogP contribution in [0.3, 0.4) is 0 Å². The van der Waals surface area contributed by atoms with E-state index in [4.69, 9.17) is 9.47 Å². The molecule has 1 aromatic rings. The average Bonchev–Trinajstić information content (AvgIpc) is 2.83. The molecule has 124 valence electrons. The van der Waals surface area contributed by atoms with E-state index in [-0.39, 0.29) is 17.1 Å². The van der Waals surface area contributed by atoms with Gasteiger partial charge in [-0.2, -0.15) is 0 Å². The lowest BCUT2D eigenvalue weighted by atomic mass is 10.1. The zero-order chi connectivity index (χ0) is 17.7. The quantitative estimate of drug-likeness (QED) is 0.624. The van der Waals surface area contributed by atoms with Crippen molar-refractivity contribution in [2.45, 2.75) is 6.92 Å². The van der Waals surface area contributed by atoms with Gasteiger partial charge in [-0.1, -0.05) is 18.2 Å². The van der Waals surface area contributed by atoms with Gasteiger partial charge < -0.3 is 14.4 Å². The summed E-state index contributed by atoms with van der Waals surface area (Å²) in [6, 6.07) is 6.80. The maximum absolute atomic E-state index is 12.3. The average molecular weight is 327 g/mol. The summed E-state index contributed by atoms with van der Waals surface area (Å²) in [6.45, 7) is 1.43. The van der Waals surface area contributed by atoms with Crippen LogP contribution < -0.4 is 4.90 Å². The Kier molecular flexibility index (Phi) is 5.31. The first-order valence-electron chi connectivity index (χ1n) is 7.16. The Bertz CT molecular complexity index is 773. The molecule has 1 aromatic carbocycles. The summed E-state index contributed by atoms with van der Waals surface area (Å²) in [6.07, 6.45) is 6.30. The van der Waals surface area contributed by atoms with Crippen molar-refractivity contribution < 1.29 is 23.9 Å². The molecule has 2 rings (SSSR count). The number of carbonyl (C=O) groups excluding carboxylic acids is 3. The Balaban J connectivity index is 2.73. The van der Waals surface area contributed by atoms with Crippen LogP contribution in [0.4, 0.5) is 5.69 Å². The third-order valence-corrected chi connectivity index (χ3v) is 3.43. The van der Waals surface area contributed by atoms with E-state index in [1.54, 1.807) is 42.6 Å². The van der Waals surface area contributed by atoms with E-state index in [1.807, 2.05) is 0 Å². The molecule has 0 aliphatic carbocycles. The van der Waals surface area contributed by atoms with E-state index in [0.717, 1.165) is 0 Å². The van der Waals surface area contributed by atoms with Gasteiger partial charge in [-0.25, -0.2) is 9.59 Å². The minimum Gasteiger partial charge on any atom is -0.465 e. The molecule has 0 unspecified atom stereocenters. The largest absolute Gasteiger partial charge is 0.465 e. The van der Waals surface area contributed by atoms with Gasteiger partial charge in [-0.15, -0.1) is 0 Å². The molecule has 0 atom stereocenters. The topological polar surface area (TPSA) is 72.9 Å². The fourth-order valence-electron chi connectivity index (χ4n) is 2.33. The predicted molar refractivity (Wildman–Crippen MR) is 88.3 cm³/mol. The maximum Gasteiger partial charge on any atom is 0.355 e. The molecule has 0 radical (unpaired) electrons. The summed E-state index contributed by atoms with van der Waals surface area (Å²) in [4.78, 5) is 37.8. The second-order valence-electron chi connectivity index (χ2n) is 4.89. The van der Waals surface area contributed by atoms with Gasteiger partial charge >= 0.3 is 11.9 Å². The highest BCUT2D eigenvalue weighted by Gasteiger charge is 2.28. The van der Waals surface area contributed by atoms with Gasteiger partial charge in [0.05, 0.1) is 25.5 Å². The first kappa shape index (κ1) is 17.2. The number of benzene rings is 1. The van der Waals surface area contributed by atoms with E-state index in [0.29, 0.717) is 11.3 Å². The fraction of sp³-hybridized carbons (Fsp3) is 0.167. The minimum absolute atomic E-state index is 0.0250. The number of hydrogen-bond donors (Lipinski definition) is 0. The Morgan fingerprint density at radius 1 is 0.958 bits per heavy atom. The number of methoxy groups -OCH3 is 2. The number of rotatable bonds is 4. The molecular weight excluding hydrogens is 310 g/mol. The molecule has 1 aliphatic rings. The SMILES string of the molecule is COC(=O)C1=C(C(=O)OC)N(c2ccccc2C(C)=O)C=CC=C1. The van der Waals surface area contributed by atoms with Gasteiger partial charge in [0, 0.05) is 11.8 Å². The first-order chi connectivity index (χ1) is 11.5. The Hall–Kier alpha value is -3.15. The minimum atomic E-state index is -0.718. The van der Waals surface area contributed by atoms with Crippen molar-refractivity contribution in [1.29, 1.82) is 0 Å². The second-order valence-corrected chi connectivity index (χ2v) is 4.89. The van der Waals surface area contributed by atoms with Crippen molar-refractivity contribution in [3.8, 4) is 0 Å². The lowest BCUT2D eigenvalue weighted by Gasteiger charge is -2.24. The Morgan fingerprint density at radius 2 is 1.62 bits per heavy atom. The van der Waals surface area contributed by atoms with Crippen LogP contribution in [0, 0.1) is 0 Å². The molecule has 1 heterocycles. The summed E-state index contributed by atoms with van der Waals surface area (Å²) >= 11 is 0. The lowest BCUT2D eigenvalue weighted by molar-refractivity contribution is -0.139. The summed E-state index contributed by atoms with van der Waals surface area (Å²) in [5.74, 6) is -1.56. The van der Waals surface area contributed by atoms with Gasteiger partial charge in [0.1, 0.15) is 5.70 Å². The van der Waals surface area contributed by atoms with Gasteiger partial charge in [0.2, 0.25) is 0 Å². The number of para-hydroxylation sites is 1. The normalized spacial score (nSPS) is 13.5. The van der Waals surface area contributed by atoms with E-state index in [1.165, 1.54) is 32.1 Å². The van der Waals surface area contributed by atoms with E-state index in [9.17, 15) is 14.4 Å². The molecule has 0 amide bonds. The number of esters is 2. The number of nitrogens with zero attached hydrogens (tertiary/aromatic N) is 1. The van der Waals surface area contributed by atoms with E-state index < -0.39 is 11.9 Å². The molecule has 24 heavy (non-hydrogen) atoms. The number of ether oxygens (including phenoxy) is 2. The highest BCUT2D eigenvalue weighted by molar-refractivity contribution is 6.07. The van der Waals surface area contributed by atoms with Crippen LogP contribution in [0.5, 0.6) is 0 Å². The zero-order valence-corrected chi connectivity index (χ0v) is 13.6. The Morgan fingerprint density at radius 3 is 2.25 bits per heavy atom. The molecule has 6 nitrogen and oxygen atoms in total. The number of Topliss-reactive ketones (excluding diaryl/α,β-unsaturated/α-hetero) is 1. The zero-order valence-electron chi connectivity index (χ0n) is 13.6. The maximum atomic E-state index is 12.3. The highest BCUT2D eigenvalue weighted by Crippen LogP contribution is 2.29. The third kappa shape index (κ3) is 3.27. The summed E-state index contributed by atoms with van der Waals surface area (Å²) < 4.78 is 9.58. The molecule has 0 saturated carbocycles. The van der Waals surface area contributed by atoms with Gasteiger partial charge in [-0.05, 0) is 31.2 Å². The van der Waals surface area contributed by atoms with Crippen LogP contribution in [0.25, 0.3) is 0 Å². The van der Waals surface area contributed by atoms with Crippen LogP contribution in [0.2, 0.25) is 0 Å². The van der Waals surface area contributed by atoms with Crippen LogP contribution in [-0.2, 0) is 19.1 Å². The van der Waals surface area contributed by atoms with Crippen molar-refractivity contribution in [2.75, 3.05) is 19.1 Å². The van der Waals surface area contributed by atoms with Crippen molar-refractivity contribution in [3.05, 3.63) is 65.5 Å². The first-order valence-corrected chi connectivity index (χ1v) is 7.16. The number of anilines is 1. The monoisotopic (exact) mass is 327 g/mol. The van der Waals surface area contributed by atoms with Crippen LogP contribution >= 0.6 is 0 Å². The summed E-state index contributed by atoms with van der Waals surface area (Å²) in [5.41, 5.74) is 0.886. The van der Waals surface area contributed by atoms with Crippen LogP contribution in [0.15, 0.2) is 60.0 Å². The summed E-state index contributed by atoms with van der Waals surface area (Å²) in [5, 5.41) is 0. The third-order valence-electron chi connectivity index (χ3n) is 3.43. The predicted octanol–water partition coefficient (Wildman–Crippen LogP) is 2.38. The van der Waals surface area contributed by atoms with Crippen molar-refractivity contribution in [3.63, 3.8) is 0 Å². The molecule has 0 aromatic heterocycles. The molecule has 0 bridgehead atoms. The van der Waals surface area contributed by atoms with Crippen molar-refractivity contribution in [1.82, 2.24) is 0 Å². The van der Waals surface area contributed by atoms with E-state index in [2.05, 4.69) is 0 Å². The summed E-state index contributed by atoms with van der Waals surface area (Å²) in [7, 11) is 2.45. The number of ketones is 1. The number of hydrogen-bond acceptors (Lipinski definition) is 6. The van der Waals surface area contributed by atoms with Crippen LogP contribution in [0.1, 0.15) is 17.3 Å². The van der Waals surface area contributed by atoms with Crippen molar-refractivity contribution >= 4 is 23.4 Å².